The van der Waals surface area contributed by atoms with Crippen LogP contribution in [0.15, 0.2) is 140 Å². The lowest BCUT2D eigenvalue weighted by molar-refractivity contribution is 0.437. The number of benzene rings is 5. The minimum Gasteiger partial charge on any atom is -0.246 e. The molecule has 0 aliphatic heterocycles. The summed E-state index contributed by atoms with van der Waals surface area (Å²) in [7, 11) is 0. The molecule has 10 rings (SSSR count). The minimum absolute atomic E-state index is 0.271. The fourth-order valence-electron chi connectivity index (χ4n) is 8.43. The lowest BCUT2D eigenvalue weighted by Crippen LogP contribution is -2.11. The van der Waals surface area contributed by atoms with Crippen LogP contribution in [-0.2, 0) is 0 Å². The Morgan fingerprint density at radius 1 is 0.418 bits per heavy atom. The van der Waals surface area contributed by atoms with Gasteiger partial charge in [0.05, 0.1) is 34.2 Å². The molecule has 5 aromatic carbocycles. The first-order valence-corrected chi connectivity index (χ1v) is 19.6. The van der Waals surface area contributed by atoms with Crippen molar-refractivity contribution >= 4 is 38.7 Å². The number of allylic oxidation sites excluding steroid dienone is 4. The monoisotopic (exact) mass is 712 g/mol. The summed E-state index contributed by atoms with van der Waals surface area (Å²) in [6, 6.07) is 41.6. The van der Waals surface area contributed by atoms with Gasteiger partial charge >= 0.3 is 0 Å². The Kier molecular flexibility index (Phi) is 8.51. The van der Waals surface area contributed by atoms with Gasteiger partial charge in [-0.2, -0.15) is 0 Å². The van der Waals surface area contributed by atoms with Crippen LogP contribution >= 0.6 is 0 Å². The fourth-order valence-corrected chi connectivity index (χ4v) is 8.43. The number of rotatable bonds is 6. The van der Waals surface area contributed by atoms with Gasteiger partial charge in [0, 0.05) is 28.2 Å². The van der Waals surface area contributed by atoms with E-state index >= 15 is 0 Å². The smallest absolute Gasteiger partial charge is 0.120 e. The Bertz CT molecular complexity index is 2760. The Morgan fingerprint density at radius 3 is 1.25 bits per heavy atom. The van der Waals surface area contributed by atoms with E-state index in [9.17, 15) is 0 Å². The minimum atomic E-state index is 0.271. The second kappa shape index (κ2) is 14.1. The highest BCUT2D eigenvalue weighted by atomic mass is 14.9. The molecule has 0 amide bonds. The number of fused-ring (bicyclic) bond motifs is 6. The van der Waals surface area contributed by atoms with E-state index in [1.165, 1.54) is 19.3 Å². The van der Waals surface area contributed by atoms with Gasteiger partial charge in [0.15, 0.2) is 0 Å². The highest BCUT2D eigenvalue weighted by molar-refractivity contribution is 6.19. The van der Waals surface area contributed by atoms with Crippen LogP contribution in [0.3, 0.4) is 0 Å². The predicted molar refractivity (Wildman–Crippen MR) is 224 cm³/mol. The second-order valence-electron chi connectivity index (χ2n) is 14.9. The van der Waals surface area contributed by atoms with E-state index in [0.717, 1.165) is 86.8 Å². The van der Waals surface area contributed by atoms with Gasteiger partial charge < -0.3 is 0 Å². The van der Waals surface area contributed by atoms with Gasteiger partial charge in [-0.3, -0.25) is 0 Å². The third kappa shape index (κ3) is 5.98. The molecule has 1 saturated carbocycles. The lowest BCUT2D eigenvalue weighted by Gasteiger charge is -2.24. The van der Waals surface area contributed by atoms with Gasteiger partial charge in [0.1, 0.15) is 33.1 Å². The molecule has 1 atom stereocenters. The first kappa shape index (κ1) is 33.2. The van der Waals surface area contributed by atoms with Crippen molar-refractivity contribution in [3.05, 3.63) is 151 Å². The fraction of sp³-hybridized carbons (Fsp3) is 0.184. The van der Waals surface area contributed by atoms with E-state index < -0.39 is 0 Å². The van der Waals surface area contributed by atoms with Gasteiger partial charge in [0.2, 0.25) is 0 Å². The topological polar surface area (TPSA) is 77.3 Å². The number of hydrogen-bond donors (Lipinski definition) is 0. The lowest BCUT2D eigenvalue weighted by atomic mass is 9.85. The molecule has 3 aromatic heterocycles. The number of nitrogens with zero attached hydrogens (tertiary/aromatic N) is 6. The Hall–Kier alpha value is -6.40. The third-order valence-corrected chi connectivity index (χ3v) is 11.3. The maximum absolute atomic E-state index is 5.67. The van der Waals surface area contributed by atoms with Gasteiger partial charge in [-0.25, -0.2) is 29.9 Å². The zero-order valence-corrected chi connectivity index (χ0v) is 30.9. The summed E-state index contributed by atoms with van der Waals surface area (Å²) in [5.41, 5.74) is 14.6. The zero-order chi connectivity index (χ0) is 36.7. The van der Waals surface area contributed by atoms with Gasteiger partial charge in [-0.15, -0.1) is 0 Å². The van der Waals surface area contributed by atoms with Crippen LogP contribution in [0, 0.1) is 5.92 Å². The van der Waals surface area contributed by atoms with Crippen molar-refractivity contribution in [1.82, 2.24) is 29.9 Å². The SMILES string of the molecule is CC1CC=CC=C1c1nc2c(nc1-c1ccccc1)c1nc(C3CCCCC3)c(-c3ccccc3)nc1c1nc(-c3ccccc3)c(-c3ccccc3)nc21. The molecule has 0 radical (unpaired) electrons. The van der Waals surface area contributed by atoms with Crippen LogP contribution in [0.1, 0.15) is 62.8 Å². The molecule has 3 heterocycles. The molecule has 2 aliphatic carbocycles. The highest BCUT2D eigenvalue weighted by Crippen LogP contribution is 2.43. The van der Waals surface area contributed by atoms with Crippen LogP contribution < -0.4 is 0 Å². The molecule has 0 saturated heterocycles. The first-order chi connectivity index (χ1) is 27.2. The molecule has 2 aliphatic rings. The highest BCUT2D eigenvalue weighted by Gasteiger charge is 2.29. The van der Waals surface area contributed by atoms with Crippen molar-refractivity contribution in [2.45, 2.75) is 51.4 Å². The van der Waals surface area contributed by atoms with Crippen molar-refractivity contribution < 1.29 is 0 Å². The van der Waals surface area contributed by atoms with E-state index in [1.807, 2.05) is 30.3 Å². The molecule has 0 bridgehead atoms. The molecule has 266 valence electrons. The van der Waals surface area contributed by atoms with E-state index in [4.69, 9.17) is 29.9 Å². The maximum Gasteiger partial charge on any atom is 0.120 e. The van der Waals surface area contributed by atoms with Crippen LogP contribution in [0.4, 0.5) is 0 Å². The molecule has 0 spiro atoms. The molecule has 6 heteroatoms. The summed E-state index contributed by atoms with van der Waals surface area (Å²) in [5, 5.41) is 0. The van der Waals surface area contributed by atoms with Crippen LogP contribution in [0.25, 0.3) is 83.7 Å². The van der Waals surface area contributed by atoms with E-state index in [-0.39, 0.29) is 5.92 Å². The summed E-state index contributed by atoms with van der Waals surface area (Å²) in [4.78, 5) is 33.6. The molecular formula is C49H40N6. The van der Waals surface area contributed by atoms with Crippen LogP contribution in [0.5, 0.6) is 0 Å². The largest absolute Gasteiger partial charge is 0.246 e. The number of aromatic nitrogens is 6. The normalized spacial score (nSPS) is 16.2. The molecule has 1 fully saturated rings. The molecule has 1 unspecified atom stereocenters. The summed E-state index contributed by atoms with van der Waals surface area (Å²) in [6.45, 7) is 2.26. The van der Waals surface area contributed by atoms with E-state index in [2.05, 4.69) is 116 Å². The summed E-state index contributed by atoms with van der Waals surface area (Å²) < 4.78 is 0. The summed E-state index contributed by atoms with van der Waals surface area (Å²) >= 11 is 0. The third-order valence-electron chi connectivity index (χ3n) is 11.3. The average molecular weight is 713 g/mol. The summed E-state index contributed by atoms with van der Waals surface area (Å²) in [6.07, 6.45) is 13.3. The van der Waals surface area contributed by atoms with Gasteiger partial charge in [0.25, 0.3) is 0 Å². The quantitative estimate of drug-likeness (QED) is 0.160. The maximum atomic E-state index is 5.67. The summed E-state index contributed by atoms with van der Waals surface area (Å²) in [5.74, 6) is 0.576. The Labute approximate surface area is 320 Å². The van der Waals surface area contributed by atoms with Crippen molar-refractivity contribution in [2.75, 3.05) is 0 Å². The standard InChI is InChI=1S/C49H40N6/c1-31-19-17-18-30-37(31)43-42(36-28-15-6-16-29-36)54-48-46-44(50-38(32-20-7-2-8-21-32)39(52-46)33-22-9-3-10-23-33)45-47(49(48)55-43)53-41(35-26-13-5-14-27-35)40(51-45)34-24-11-4-12-25-34/h2,4-8,11-18,20-21,24-31,33H,3,9-10,19,22-23H2,1H3. The average Bonchev–Trinajstić information content (AvgIpc) is 3.27. The Morgan fingerprint density at radius 2 is 0.800 bits per heavy atom. The molecule has 6 nitrogen and oxygen atoms in total. The van der Waals surface area contributed by atoms with Crippen LogP contribution in [-0.4, -0.2) is 29.9 Å². The molecule has 55 heavy (non-hydrogen) atoms. The van der Waals surface area contributed by atoms with E-state index in [1.54, 1.807) is 0 Å². The Balaban J connectivity index is 1.40. The predicted octanol–water partition coefficient (Wildman–Crippen LogP) is 12.2. The van der Waals surface area contributed by atoms with Crippen molar-refractivity contribution in [2.24, 2.45) is 5.92 Å². The second-order valence-corrected chi connectivity index (χ2v) is 14.9. The molecular weight excluding hydrogens is 673 g/mol. The van der Waals surface area contributed by atoms with Crippen LogP contribution in [0.2, 0.25) is 0 Å². The molecule has 8 aromatic rings. The zero-order valence-electron chi connectivity index (χ0n) is 30.9. The van der Waals surface area contributed by atoms with E-state index in [0.29, 0.717) is 33.5 Å². The van der Waals surface area contributed by atoms with Crippen molar-refractivity contribution in [3.8, 4) is 45.0 Å². The van der Waals surface area contributed by atoms with Crippen molar-refractivity contribution in [1.29, 1.82) is 0 Å². The first-order valence-electron chi connectivity index (χ1n) is 19.6. The van der Waals surface area contributed by atoms with Gasteiger partial charge in [-0.1, -0.05) is 166 Å². The number of hydrogen-bond acceptors (Lipinski definition) is 6. The van der Waals surface area contributed by atoms with Gasteiger partial charge in [-0.05, 0) is 30.8 Å². The molecule has 0 N–H and O–H groups in total. The van der Waals surface area contributed by atoms with Crippen molar-refractivity contribution in [3.63, 3.8) is 0 Å².